The second kappa shape index (κ2) is 8.47. The number of carbonyl (C=O) groups excluding carboxylic acids is 1. The third kappa shape index (κ3) is 4.14. The molecular weight excluding hydrogens is 396 g/mol. The van der Waals surface area contributed by atoms with Gasteiger partial charge >= 0.3 is 0 Å². The van der Waals surface area contributed by atoms with Gasteiger partial charge in [-0.25, -0.2) is 4.98 Å². The quantitative estimate of drug-likeness (QED) is 0.343. The molecule has 1 saturated heterocycles. The molecule has 0 bridgehead atoms. The van der Waals surface area contributed by atoms with Gasteiger partial charge in [-0.05, 0) is 49.2 Å². The smallest absolute Gasteiger partial charge is 0.262 e. The lowest BCUT2D eigenvalue weighted by molar-refractivity contribution is 0.0937. The highest BCUT2D eigenvalue weighted by atomic mass is 35.5. The van der Waals surface area contributed by atoms with E-state index in [4.69, 9.17) is 16.3 Å². The molecule has 5 nitrogen and oxygen atoms in total. The van der Waals surface area contributed by atoms with Gasteiger partial charge in [0.2, 0.25) is 0 Å². The third-order valence-electron chi connectivity index (χ3n) is 4.74. The Morgan fingerprint density at radius 2 is 2.00 bits per heavy atom. The molecular formula is C21H19ClN2O3S. The molecule has 1 aliphatic rings. The van der Waals surface area contributed by atoms with Crippen molar-refractivity contribution < 1.29 is 9.53 Å². The maximum Gasteiger partial charge on any atom is 0.262 e. The van der Waals surface area contributed by atoms with Gasteiger partial charge in [-0.2, -0.15) is 0 Å². The summed E-state index contributed by atoms with van der Waals surface area (Å²) in [5.74, 6) is 0.158. The van der Waals surface area contributed by atoms with Crippen LogP contribution in [0.2, 0.25) is 5.02 Å². The molecule has 2 aromatic carbocycles. The summed E-state index contributed by atoms with van der Waals surface area (Å²) in [7, 11) is 0. The second-order valence-corrected chi connectivity index (χ2v) is 8.06. The average molecular weight is 415 g/mol. The molecule has 0 N–H and O–H groups in total. The Balaban J connectivity index is 1.63. The van der Waals surface area contributed by atoms with Crippen molar-refractivity contribution in [1.82, 2.24) is 9.55 Å². The Kier molecular flexibility index (Phi) is 5.80. The molecule has 0 amide bonds. The Hall–Kier alpha value is -2.15. The summed E-state index contributed by atoms with van der Waals surface area (Å²) in [5, 5.41) is 1.71. The van der Waals surface area contributed by atoms with Gasteiger partial charge in [-0.15, -0.1) is 0 Å². The van der Waals surface area contributed by atoms with Crippen LogP contribution in [0.25, 0.3) is 10.9 Å². The summed E-state index contributed by atoms with van der Waals surface area (Å²) in [4.78, 5) is 30.2. The molecule has 1 atom stereocenters. The first-order valence-corrected chi connectivity index (χ1v) is 10.5. The highest BCUT2D eigenvalue weighted by molar-refractivity contribution is 7.99. The normalized spacial score (nSPS) is 16.5. The highest BCUT2D eigenvalue weighted by Crippen LogP contribution is 2.22. The highest BCUT2D eigenvalue weighted by Gasteiger charge is 2.20. The van der Waals surface area contributed by atoms with Crippen LogP contribution in [0.5, 0.6) is 0 Å². The molecule has 0 radical (unpaired) electrons. The van der Waals surface area contributed by atoms with Crippen molar-refractivity contribution >= 4 is 40.0 Å². The number of rotatable bonds is 6. The lowest BCUT2D eigenvalue weighted by Gasteiger charge is -2.16. The van der Waals surface area contributed by atoms with Gasteiger partial charge in [-0.3, -0.25) is 14.2 Å². The monoisotopic (exact) mass is 414 g/mol. The lowest BCUT2D eigenvalue weighted by Crippen LogP contribution is -2.29. The first-order chi connectivity index (χ1) is 13.6. The standard InChI is InChI=1S/C21H19ClN2O3S/c22-15-9-7-14(8-10-15)19(25)13-28-21-23-18-6-2-1-5-17(18)20(26)24(21)12-16-4-3-11-27-16/h1-2,5-10,16H,3-4,11-13H2/t16-/m1/s1. The van der Waals surface area contributed by atoms with E-state index >= 15 is 0 Å². The number of thioether (sulfide) groups is 1. The number of aromatic nitrogens is 2. The Bertz CT molecular complexity index is 1060. The molecule has 28 heavy (non-hydrogen) atoms. The van der Waals surface area contributed by atoms with Crippen molar-refractivity contribution in [3.63, 3.8) is 0 Å². The molecule has 0 unspecified atom stereocenters. The van der Waals surface area contributed by atoms with Gasteiger partial charge < -0.3 is 4.74 Å². The molecule has 3 aromatic rings. The number of ketones is 1. The van der Waals surface area contributed by atoms with Crippen LogP contribution in [0, 0.1) is 0 Å². The van der Waals surface area contributed by atoms with Gasteiger partial charge in [-0.1, -0.05) is 35.5 Å². The summed E-state index contributed by atoms with van der Waals surface area (Å²) in [5.41, 5.74) is 1.13. The maximum absolute atomic E-state index is 13.0. The van der Waals surface area contributed by atoms with Crippen LogP contribution < -0.4 is 5.56 Å². The van der Waals surface area contributed by atoms with E-state index in [0.717, 1.165) is 19.4 Å². The van der Waals surface area contributed by atoms with Gasteiger partial charge in [0.15, 0.2) is 10.9 Å². The van der Waals surface area contributed by atoms with Crippen molar-refractivity contribution in [2.75, 3.05) is 12.4 Å². The molecule has 0 aliphatic carbocycles. The molecule has 144 valence electrons. The molecule has 7 heteroatoms. The van der Waals surface area contributed by atoms with Crippen molar-refractivity contribution in [2.45, 2.75) is 30.6 Å². The number of hydrogen-bond acceptors (Lipinski definition) is 5. The van der Waals surface area contributed by atoms with Crippen LogP contribution in [0.3, 0.4) is 0 Å². The zero-order chi connectivity index (χ0) is 19.5. The number of benzene rings is 2. The van der Waals surface area contributed by atoms with Crippen molar-refractivity contribution in [2.24, 2.45) is 0 Å². The third-order valence-corrected chi connectivity index (χ3v) is 5.96. The van der Waals surface area contributed by atoms with Gasteiger partial charge in [0.1, 0.15) is 0 Å². The number of nitrogens with zero attached hydrogens (tertiary/aromatic N) is 2. The molecule has 2 heterocycles. The number of carbonyl (C=O) groups is 1. The van der Waals surface area contributed by atoms with Crippen LogP contribution >= 0.6 is 23.4 Å². The van der Waals surface area contributed by atoms with Gasteiger partial charge in [0.05, 0.1) is 29.3 Å². The van der Waals surface area contributed by atoms with Crippen molar-refractivity contribution in [3.8, 4) is 0 Å². The lowest BCUT2D eigenvalue weighted by atomic mass is 10.1. The van der Waals surface area contributed by atoms with E-state index in [9.17, 15) is 9.59 Å². The van der Waals surface area contributed by atoms with E-state index < -0.39 is 0 Å². The molecule has 1 aromatic heterocycles. The van der Waals surface area contributed by atoms with Crippen molar-refractivity contribution in [3.05, 3.63) is 69.5 Å². The van der Waals surface area contributed by atoms with Crippen LogP contribution in [-0.2, 0) is 11.3 Å². The van der Waals surface area contributed by atoms with E-state index in [1.807, 2.05) is 18.2 Å². The number of fused-ring (bicyclic) bond motifs is 1. The summed E-state index contributed by atoms with van der Waals surface area (Å²) in [6.45, 7) is 1.17. The Morgan fingerprint density at radius 1 is 1.21 bits per heavy atom. The number of hydrogen-bond donors (Lipinski definition) is 0. The second-order valence-electron chi connectivity index (χ2n) is 6.68. The fourth-order valence-corrected chi connectivity index (χ4v) is 4.29. The first-order valence-electron chi connectivity index (χ1n) is 9.14. The molecule has 0 saturated carbocycles. The molecule has 0 spiro atoms. The van der Waals surface area contributed by atoms with Gasteiger partial charge in [0.25, 0.3) is 5.56 Å². The molecule has 1 fully saturated rings. The predicted octanol–water partition coefficient (Wildman–Crippen LogP) is 4.20. The summed E-state index contributed by atoms with van der Waals surface area (Å²) in [6, 6.07) is 14.1. The SMILES string of the molecule is O=C(CSc1nc2ccccc2c(=O)n1C[C@H]1CCCO1)c1ccc(Cl)cc1. The zero-order valence-electron chi connectivity index (χ0n) is 15.1. The predicted molar refractivity (Wildman–Crippen MR) is 111 cm³/mol. The van der Waals surface area contributed by atoms with Crippen LogP contribution in [0.15, 0.2) is 58.5 Å². The van der Waals surface area contributed by atoms with Crippen LogP contribution in [0.1, 0.15) is 23.2 Å². The maximum atomic E-state index is 13.0. The van der Waals surface area contributed by atoms with Crippen LogP contribution in [0.4, 0.5) is 0 Å². The van der Waals surface area contributed by atoms with E-state index in [0.29, 0.717) is 33.2 Å². The van der Waals surface area contributed by atoms with Crippen LogP contribution in [-0.4, -0.2) is 33.8 Å². The number of halogens is 1. The number of para-hydroxylation sites is 1. The van der Waals surface area contributed by atoms with E-state index in [1.165, 1.54) is 11.8 Å². The summed E-state index contributed by atoms with van der Waals surface area (Å²) in [6.07, 6.45) is 1.93. The fraction of sp³-hybridized carbons (Fsp3) is 0.286. The first kappa shape index (κ1) is 19.2. The fourth-order valence-electron chi connectivity index (χ4n) is 3.26. The number of Topliss-reactive ketones (excluding diaryl/α,β-unsaturated/α-hetero) is 1. The van der Waals surface area contributed by atoms with E-state index in [-0.39, 0.29) is 23.2 Å². The van der Waals surface area contributed by atoms with E-state index in [2.05, 4.69) is 4.98 Å². The largest absolute Gasteiger partial charge is 0.376 e. The topological polar surface area (TPSA) is 61.2 Å². The summed E-state index contributed by atoms with van der Waals surface area (Å²) < 4.78 is 7.36. The minimum atomic E-state index is -0.0949. The average Bonchev–Trinajstić information content (AvgIpc) is 3.22. The summed E-state index contributed by atoms with van der Waals surface area (Å²) >= 11 is 7.17. The van der Waals surface area contributed by atoms with Gasteiger partial charge in [0, 0.05) is 17.2 Å². The molecule has 4 rings (SSSR count). The van der Waals surface area contributed by atoms with E-state index in [1.54, 1.807) is 34.9 Å². The van der Waals surface area contributed by atoms with Crippen molar-refractivity contribution in [1.29, 1.82) is 0 Å². The number of ether oxygens (including phenoxy) is 1. The Labute approximate surface area is 171 Å². The molecule has 1 aliphatic heterocycles. The minimum Gasteiger partial charge on any atom is -0.376 e. The Morgan fingerprint density at radius 3 is 2.75 bits per heavy atom. The minimum absolute atomic E-state index is 0.00646. The zero-order valence-corrected chi connectivity index (χ0v) is 16.7.